The number of hydrogen-bond acceptors (Lipinski definition) is 6. The maximum atomic E-state index is 13.3. The second-order valence-electron chi connectivity index (χ2n) is 7.01. The van der Waals surface area contributed by atoms with Crippen molar-refractivity contribution < 1.29 is 35.9 Å². The number of nitrogens with one attached hydrogen (secondary N) is 1. The van der Waals surface area contributed by atoms with Crippen molar-refractivity contribution in [1.82, 2.24) is 5.32 Å². The highest BCUT2D eigenvalue weighted by atomic mass is 32.3. The van der Waals surface area contributed by atoms with E-state index in [1.165, 1.54) is 43.5 Å². The van der Waals surface area contributed by atoms with Crippen molar-refractivity contribution in [2.75, 3.05) is 7.11 Å². The summed E-state index contributed by atoms with van der Waals surface area (Å²) >= 11 is 0.418. The summed E-state index contributed by atoms with van der Waals surface area (Å²) in [4.78, 5) is 24.3. The number of carbonyl (C=O) groups is 2. The first kappa shape index (κ1) is 24.7. The van der Waals surface area contributed by atoms with Crippen LogP contribution in [-0.4, -0.2) is 30.8 Å². The highest BCUT2D eigenvalue weighted by Crippen LogP contribution is 2.44. The minimum absolute atomic E-state index is 0.128. The second kappa shape index (κ2) is 9.49. The van der Waals surface area contributed by atoms with Crippen LogP contribution in [0, 0.1) is 11.8 Å². The Hall–Kier alpha value is -2.97. The number of rotatable bonds is 6. The molecule has 1 aliphatic rings. The molecule has 2 amide bonds. The average Bonchev–Trinajstić information content (AvgIpc) is 3.07. The molecule has 0 aliphatic carbocycles. The van der Waals surface area contributed by atoms with Gasteiger partial charge in [0.2, 0.25) is 13.9 Å². The third-order valence-corrected chi connectivity index (χ3v) is 8.94. The van der Waals surface area contributed by atoms with E-state index in [1.54, 1.807) is 0 Å². The Balaban J connectivity index is 1.75. The number of amides is 2. The highest BCUT2D eigenvalue weighted by Gasteiger charge is 2.57. The van der Waals surface area contributed by atoms with E-state index in [1.807, 2.05) is 5.32 Å². The number of halogens is 3. The molecule has 1 aliphatic heterocycles. The molecule has 0 aromatic heterocycles. The molecule has 0 spiro atoms. The highest BCUT2D eigenvalue weighted by molar-refractivity contribution is 8.25. The molecule has 0 saturated carbocycles. The van der Waals surface area contributed by atoms with Gasteiger partial charge in [-0.05, 0) is 73.1 Å². The van der Waals surface area contributed by atoms with Gasteiger partial charge in [-0.15, -0.1) is 0 Å². The lowest BCUT2D eigenvalue weighted by Gasteiger charge is -2.24. The van der Waals surface area contributed by atoms with Gasteiger partial charge in [0.1, 0.15) is 5.75 Å². The maximum absolute atomic E-state index is 13.3. The first-order valence-corrected chi connectivity index (χ1v) is 11.9. The van der Waals surface area contributed by atoms with Crippen LogP contribution < -0.4 is 10.1 Å². The summed E-state index contributed by atoms with van der Waals surface area (Å²) in [6.45, 7) is 0. The lowest BCUT2D eigenvalue weighted by atomic mass is 10.1. The Bertz CT molecular complexity index is 1210. The molecule has 1 saturated heterocycles. The van der Waals surface area contributed by atoms with Gasteiger partial charge in [-0.25, -0.2) is 8.42 Å². The zero-order valence-corrected chi connectivity index (χ0v) is 18.9. The van der Waals surface area contributed by atoms with Crippen molar-refractivity contribution in [1.29, 1.82) is 0 Å². The monoisotopic (exact) mass is 497 g/mol. The van der Waals surface area contributed by atoms with Crippen molar-refractivity contribution in [3.05, 3.63) is 59.7 Å². The molecular formula is C22H18F3NO5S2. The summed E-state index contributed by atoms with van der Waals surface area (Å²) in [7, 11) is -2.82. The van der Waals surface area contributed by atoms with Crippen LogP contribution in [0.5, 0.6) is 5.75 Å². The number of methoxy groups -OCH3 is 1. The van der Waals surface area contributed by atoms with Crippen LogP contribution in [0.1, 0.15) is 30.4 Å². The van der Waals surface area contributed by atoms with Gasteiger partial charge in [-0.2, -0.15) is 13.2 Å². The van der Waals surface area contributed by atoms with Gasteiger partial charge in [0, 0.05) is 12.0 Å². The number of ether oxygens (including phenoxy) is 1. The molecule has 1 N–H and O–H groups in total. The van der Waals surface area contributed by atoms with E-state index in [0.29, 0.717) is 23.1 Å². The molecule has 1 fully saturated rings. The number of alkyl halides is 3. The fourth-order valence-electron chi connectivity index (χ4n) is 3.15. The first-order chi connectivity index (χ1) is 15.5. The van der Waals surface area contributed by atoms with Crippen LogP contribution in [0.15, 0.2) is 53.4 Å². The van der Waals surface area contributed by atoms with Crippen molar-refractivity contribution in [3.8, 4) is 17.6 Å². The van der Waals surface area contributed by atoms with E-state index >= 15 is 0 Å². The molecule has 6 nitrogen and oxygen atoms in total. The molecule has 2 aromatic rings. The quantitative estimate of drug-likeness (QED) is 0.471. The summed E-state index contributed by atoms with van der Waals surface area (Å²) < 4.78 is 67.5. The van der Waals surface area contributed by atoms with Crippen LogP contribution in [0.25, 0.3) is 0 Å². The molecule has 3 rings (SSSR count). The van der Waals surface area contributed by atoms with E-state index in [4.69, 9.17) is 4.74 Å². The average molecular weight is 498 g/mol. The summed E-state index contributed by atoms with van der Waals surface area (Å²) in [5, 5.41) is 1.29. The van der Waals surface area contributed by atoms with Gasteiger partial charge in [0.25, 0.3) is 11.1 Å². The van der Waals surface area contributed by atoms with Gasteiger partial charge >= 0.3 is 6.18 Å². The van der Waals surface area contributed by atoms with E-state index in [-0.39, 0.29) is 24.2 Å². The summed E-state index contributed by atoms with van der Waals surface area (Å²) in [6.07, 6.45) is -4.28. The second-order valence-corrected chi connectivity index (χ2v) is 10.7. The lowest BCUT2D eigenvalue weighted by Crippen LogP contribution is -2.43. The van der Waals surface area contributed by atoms with Crippen LogP contribution in [-0.2, 0) is 20.8 Å². The van der Waals surface area contributed by atoms with Gasteiger partial charge in [-0.1, -0.05) is 11.8 Å². The van der Waals surface area contributed by atoms with Crippen LogP contribution in [0.2, 0.25) is 0 Å². The fraction of sp³-hybridized carbons (Fsp3) is 0.273. The number of imide groups is 1. The van der Waals surface area contributed by atoms with Gasteiger partial charge in [-0.3, -0.25) is 14.9 Å². The van der Waals surface area contributed by atoms with Gasteiger partial charge < -0.3 is 4.74 Å². The summed E-state index contributed by atoms with van der Waals surface area (Å²) in [6, 6.07) is 9.81. The number of carbonyl (C=O) groups excluding carboxylic acids is 2. The van der Waals surface area contributed by atoms with Crippen LogP contribution in [0.3, 0.4) is 0 Å². The summed E-state index contributed by atoms with van der Waals surface area (Å²) in [5.74, 6) is 4.99. The van der Waals surface area contributed by atoms with Gasteiger partial charge in [0.15, 0.2) is 0 Å². The fourth-order valence-corrected chi connectivity index (χ4v) is 6.52. The predicted molar refractivity (Wildman–Crippen MR) is 116 cm³/mol. The molecule has 0 bridgehead atoms. The molecule has 0 radical (unpaired) electrons. The van der Waals surface area contributed by atoms with Crippen molar-refractivity contribution in [2.45, 2.75) is 34.4 Å². The molecule has 1 heterocycles. The number of unbranched alkanes of at least 4 members (excludes halogenated alkanes) is 1. The smallest absolute Gasteiger partial charge is 0.416 e. The normalized spacial score (nSPS) is 18.4. The molecular weight excluding hydrogens is 479 g/mol. The Morgan fingerprint density at radius 2 is 1.70 bits per heavy atom. The zero-order valence-electron chi connectivity index (χ0n) is 17.2. The number of sulfone groups is 1. The number of hydrogen-bond donors (Lipinski definition) is 1. The van der Waals surface area contributed by atoms with Crippen molar-refractivity contribution >= 4 is 32.7 Å². The third-order valence-electron chi connectivity index (χ3n) is 4.88. The number of thioether (sulfide) groups is 1. The standard InChI is InChI=1S/C22H18F3NO5S2/c1-31-17-10-12-18(13-11-17)33(29,30)21(19(27)26-20(28)32-21)14-4-2-3-5-15-6-8-16(9-7-15)22(23,24)25/h6-13H,2,4,14H2,1H3,(H,26,27,28). The van der Waals surface area contributed by atoms with Crippen LogP contribution in [0.4, 0.5) is 18.0 Å². The van der Waals surface area contributed by atoms with Crippen molar-refractivity contribution in [3.63, 3.8) is 0 Å². The Labute approximate surface area is 192 Å². The van der Waals surface area contributed by atoms with E-state index in [0.717, 1.165) is 12.1 Å². The van der Waals surface area contributed by atoms with E-state index < -0.39 is 36.8 Å². The molecule has 2 aromatic carbocycles. The molecule has 1 atom stereocenters. The zero-order chi connectivity index (χ0) is 24.3. The van der Waals surface area contributed by atoms with E-state index in [2.05, 4.69) is 11.8 Å². The van der Waals surface area contributed by atoms with E-state index in [9.17, 15) is 31.2 Å². The Morgan fingerprint density at radius 1 is 1.06 bits per heavy atom. The minimum Gasteiger partial charge on any atom is -0.497 e. The molecule has 174 valence electrons. The largest absolute Gasteiger partial charge is 0.497 e. The maximum Gasteiger partial charge on any atom is 0.416 e. The molecule has 11 heteroatoms. The van der Waals surface area contributed by atoms with Crippen molar-refractivity contribution in [2.24, 2.45) is 0 Å². The molecule has 1 unspecified atom stereocenters. The lowest BCUT2D eigenvalue weighted by molar-refractivity contribution is -0.137. The SMILES string of the molecule is COc1ccc(S(=O)(=O)C2(CCCC#Cc3ccc(C(F)(F)F)cc3)SC(=O)NC2=O)cc1. The van der Waals surface area contributed by atoms with Crippen LogP contribution >= 0.6 is 11.8 Å². The summed E-state index contributed by atoms with van der Waals surface area (Å²) in [5.41, 5.74) is -0.417. The minimum atomic E-state index is -4.44. The Morgan fingerprint density at radius 3 is 2.21 bits per heavy atom. The Kier molecular flexibility index (Phi) is 7.09. The molecule has 33 heavy (non-hydrogen) atoms. The third kappa shape index (κ3) is 5.17. The van der Waals surface area contributed by atoms with Gasteiger partial charge in [0.05, 0.1) is 17.6 Å². The first-order valence-electron chi connectivity index (χ1n) is 9.59. The topological polar surface area (TPSA) is 89.5 Å². The number of benzene rings is 2. The predicted octanol–water partition coefficient (Wildman–Crippen LogP) is 4.39.